The van der Waals surface area contributed by atoms with E-state index in [-0.39, 0.29) is 11.7 Å². The molecule has 5 nitrogen and oxygen atoms in total. The van der Waals surface area contributed by atoms with E-state index in [4.69, 9.17) is 11.6 Å². The number of amides is 1. The van der Waals surface area contributed by atoms with Crippen LogP contribution in [0.25, 0.3) is 5.69 Å². The van der Waals surface area contributed by atoms with Gasteiger partial charge in [0.1, 0.15) is 6.33 Å². The molecule has 0 atom stereocenters. The van der Waals surface area contributed by atoms with Crippen molar-refractivity contribution in [2.24, 2.45) is 0 Å². The minimum atomic E-state index is -0.115. The van der Waals surface area contributed by atoms with Crippen molar-refractivity contribution in [3.8, 4) is 5.69 Å². The lowest BCUT2D eigenvalue weighted by Crippen LogP contribution is -2.15. The normalized spacial score (nSPS) is 10.8. The van der Waals surface area contributed by atoms with Crippen LogP contribution >= 0.6 is 23.4 Å². The summed E-state index contributed by atoms with van der Waals surface area (Å²) in [7, 11) is 0. The fraction of sp³-hybridized carbons (Fsp3) is 0.211. The summed E-state index contributed by atoms with van der Waals surface area (Å²) in [5.41, 5.74) is 4.91. The predicted octanol–water partition coefficient (Wildman–Crippen LogP) is 4.58. The third-order valence-electron chi connectivity index (χ3n) is 4.00. The second kappa shape index (κ2) is 7.93. The second-order valence-electron chi connectivity index (χ2n) is 6.02. The Bertz CT molecular complexity index is 954. The average Bonchev–Trinajstić information content (AvgIpc) is 3.05. The molecule has 0 aliphatic rings. The first-order valence-corrected chi connectivity index (χ1v) is 9.47. The van der Waals surface area contributed by atoms with Gasteiger partial charge in [0.2, 0.25) is 5.91 Å². The molecular weight excluding hydrogens is 368 g/mol. The third-order valence-corrected chi connectivity index (χ3v) is 5.35. The number of aryl methyl sites for hydroxylation is 2. The van der Waals surface area contributed by atoms with Gasteiger partial charge in [0.15, 0.2) is 5.16 Å². The van der Waals surface area contributed by atoms with Crippen LogP contribution in [-0.2, 0) is 4.79 Å². The van der Waals surface area contributed by atoms with E-state index in [2.05, 4.69) is 28.5 Å². The Hall–Kier alpha value is -2.31. The summed E-state index contributed by atoms with van der Waals surface area (Å²) < 4.78 is 1.90. The number of nitrogens with one attached hydrogen (secondary N) is 1. The molecule has 0 radical (unpaired) electrons. The Balaban J connectivity index is 1.70. The van der Waals surface area contributed by atoms with Crippen molar-refractivity contribution >= 4 is 35.0 Å². The zero-order valence-electron chi connectivity index (χ0n) is 14.8. The number of halogens is 1. The van der Waals surface area contributed by atoms with Crippen LogP contribution in [0.15, 0.2) is 47.9 Å². The Kier molecular flexibility index (Phi) is 5.64. The number of aromatic nitrogens is 3. The van der Waals surface area contributed by atoms with Crippen LogP contribution in [-0.4, -0.2) is 26.4 Å². The fourth-order valence-electron chi connectivity index (χ4n) is 2.62. The first-order chi connectivity index (χ1) is 12.5. The van der Waals surface area contributed by atoms with Gasteiger partial charge in [0.25, 0.3) is 0 Å². The smallest absolute Gasteiger partial charge is 0.234 e. The van der Waals surface area contributed by atoms with Crippen molar-refractivity contribution in [2.45, 2.75) is 25.9 Å². The number of rotatable bonds is 5. The number of carbonyl (C=O) groups is 1. The summed E-state index contributed by atoms with van der Waals surface area (Å²) in [6.45, 7) is 5.98. The molecule has 3 aromatic rings. The lowest BCUT2D eigenvalue weighted by molar-refractivity contribution is -0.113. The highest BCUT2D eigenvalue weighted by atomic mass is 35.5. The van der Waals surface area contributed by atoms with Crippen LogP contribution in [0.5, 0.6) is 0 Å². The monoisotopic (exact) mass is 386 g/mol. The minimum Gasteiger partial charge on any atom is -0.325 e. The van der Waals surface area contributed by atoms with Crippen LogP contribution in [0, 0.1) is 20.8 Å². The molecule has 1 heterocycles. The molecule has 0 bridgehead atoms. The summed E-state index contributed by atoms with van der Waals surface area (Å²) in [6.07, 6.45) is 1.67. The third kappa shape index (κ3) is 4.08. The van der Waals surface area contributed by atoms with Gasteiger partial charge in [0.05, 0.1) is 11.4 Å². The van der Waals surface area contributed by atoms with Crippen LogP contribution in [0.1, 0.15) is 16.7 Å². The van der Waals surface area contributed by atoms with Gasteiger partial charge < -0.3 is 5.32 Å². The molecule has 0 aliphatic heterocycles. The van der Waals surface area contributed by atoms with E-state index in [1.54, 1.807) is 12.4 Å². The van der Waals surface area contributed by atoms with E-state index >= 15 is 0 Å². The topological polar surface area (TPSA) is 59.8 Å². The summed E-state index contributed by atoms with van der Waals surface area (Å²) in [6, 6.07) is 11.6. The molecule has 7 heteroatoms. The molecule has 0 spiro atoms. The van der Waals surface area contributed by atoms with Gasteiger partial charge >= 0.3 is 0 Å². The van der Waals surface area contributed by atoms with Crippen LogP contribution in [0.3, 0.4) is 0 Å². The number of anilines is 1. The van der Waals surface area contributed by atoms with Crippen molar-refractivity contribution in [1.29, 1.82) is 0 Å². The van der Waals surface area contributed by atoms with Gasteiger partial charge in [-0.1, -0.05) is 47.1 Å². The number of benzene rings is 2. The average molecular weight is 387 g/mol. The molecule has 1 amide bonds. The lowest BCUT2D eigenvalue weighted by Gasteiger charge is -2.11. The molecule has 0 saturated carbocycles. The first-order valence-electron chi connectivity index (χ1n) is 8.11. The highest BCUT2D eigenvalue weighted by molar-refractivity contribution is 7.99. The van der Waals surface area contributed by atoms with Crippen molar-refractivity contribution < 1.29 is 4.79 Å². The molecule has 26 heavy (non-hydrogen) atoms. The maximum Gasteiger partial charge on any atom is 0.234 e. The highest BCUT2D eigenvalue weighted by Gasteiger charge is 2.13. The molecule has 0 fully saturated rings. The highest BCUT2D eigenvalue weighted by Crippen LogP contribution is 2.25. The number of thioether (sulfide) groups is 1. The lowest BCUT2D eigenvalue weighted by atomic mass is 10.1. The van der Waals surface area contributed by atoms with Crippen molar-refractivity contribution in [2.75, 3.05) is 11.1 Å². The van der Waals surface area contributed by atoms with E-state index in [9.17, 15) is 4.79 Å². The Morgan fingerprint density at radius 1 is 1.23 bits per heavy atom. The first kappa shape index (κ1) is 18.5. The van der Waals surface area contributed by atoms with Gasteiger partial charge in [-0.05, 0) is 50.1 Å². The summed E-state index contributed by atoms with van der Waals surface area (Å²) in [4.78, 5) is 12.3. The van der Waals surface area contributed by atoms with Crippen molar-refractivity contribution in [3.63, 3.8) is 0 Å². The predicted molar refractivity (Wildman–Crippen MR) is 106 cm³/mol. The number of nitrogens with zero attached hydrogens (tertiary/aromatic N) is 3. The molecule has 0 unspecified atom stereocenters. The van der Waals surface area contributed by atoms with E-state index in [0.717, 1.165) is 22.5 Å². The zero-order valence-corrected chi connectivity index (χ0v) is 16.4. The fourth-order valence-corrected chi connectivity index (χ4v) is 3.52. The second-order valence-corrected chi connectivity index (χ2v) is 7.37. The zero-order chi connectivity index (χ0) is 18.7. The van der Waals surface area contributed by atoms with Crippen LogP contribution in [0.4, 0.5) is 5.69 Å². The maximum absolute atomic E-state index is 12.3. The van der Waals surface area contributed by atoms with Crippen LogP contribution in [0.2, 0.25) is 5.02 Å². The largest absolute Gasteiger partial charge is 0.325 e. The summed E-state index contributed by atoms with van der Waals surface area (Å²) in [5, 5.41) is 12.3. The van der Waals surface area contributed by atoms with E-state index in [1.165, 1.54) is 17.3 Å². The van der Waals surface area contributed by atoms with Gasteiger partial charge in [0, 0.05) is 10.7 Å². The van der Waals surface area contributed by atoms with Gasteiger partial charge in [-0.15, -0.1) is 10.2 Å². The Morgan fingerprint density at radius 2 is 2.04 bits per heavy atom. The molecule has 134 valence electrons. The number of carbonyl (C=O) groups excluding carboxylic acids is 1. The van der Waals surface area contributed by atoms with Gasteiger partial charge in [-0.25, -0.2) is 0 Å². The molecule has 0 saturated heterocycles. The standard InChI is InChI=1S/C19H19ClN4OS/c1-12-7-8-17(13(2)9-12)24-11-21-23-19(24)26-10-18(25)22-16-6-4-5-15(20)14(16)3/h4-9,11H,10H2,1-3H3,(H,22,25). The molecule has 3 rings (SSSR count). The molecular formula is C19H19ClN4OS. The molecule has 1 aromatic heterocycles. The molecule has 0 aliphatic carbocycles. The maximum atomic E-state index is 12.3. The quantitative estimate of drug-likeness (QED) is 0.652. The van der Waals surface area contributed by atoms with Crippen LogP contribution < -0.4 is 5.32 Å². The van der Waals surface area contributed by atoms with Gasteiger partial charge in [-0.2, -0.15) is 0 Å². The van der Waals surface area contributed by atoms with Crippen molar-refractivity contribution in [1.82, 2.24) is 14.8 Å². The van der Waals surface area contributed by atoms with E-state index in [0.29, 0.717) is 10.2 Å². The number of hydrogen-bond donors (Lipinski definition) is 1. The SMILES string of the molecule is Cc1ccc(-n2cnnc2SCC(=O)Nc2cccc(Cl)c2C)c(C)c1. The Labute approximate surface area is 161 Å². The Morgan fingerprint density at radius 3 is 2.81 bits per heavy atom. The van der Waals surface area contributed by atoms with E-state index in [1.807, 2.05) is 42.7 Å². The summed E-state index contributed by atoms with van der Waals surface area (Å²) in [5.74, 6) is 0.116. The number of hydrogen-bond acceptors (Lipinski definition) is 4. The summed E-state index contributed by atoms with van der Waals surface area (Å²) >= 11 is 7.44. The molecule has 2 aromatic carbocycles. The molecule has 1 N–H and O–H groups in total. The van der Waals surface area contributed by atoms with E-state index < -0.39 is 0 Å². The minimum absolute atomic E-state index is 0.115. The van der Waals surface area contributed by atoms with Gasteiger partial charge in [-0.3, -0.25) is 9.36 Å². The van der Waals surface area contributed by atoms with Crippen molar-refractivity contribution in [3.05, 3.63) is 64.4 Å².